The lowest BCUT2D eigenvalue weighted by Gasteiger charge is -2.11. The molecule has 0 spiro atoms. The monoisotopic (exact) mass is 385 g/mol. The van der Waals surface area contributed by atoms with Gasteiger partial charge in [0.2, 0.25) is 0 Å². The number of carbonyl (C=O) groups excluding carboxylic acids is 2. The van der Waals surface area contributed by atoms with E-state index in [-0.39, 0.29) is 17.5 Å². The first-order chi connectivity index (χ1) is 13.4. The molecule has 0 atom stereocenters. The Balaban J connectivity index is 1.98. The fourth-order valence-corrected chi connectivity index (χ4v) is 2.54. The van der Waals surface area contributed by atoms with Crippen LogP contribution in [0, 0.1) is 5.92 Å². The van der Waals surface area contributed by atoms with Gasteiger partial charge in [-0.1, -0.05) is 19.9 Å². The minimum absolute atomic E-state index is 0.225. The zero-order valence-corrected chi connectivity index (χ0v) is 16.7. The highest BCUT2D eigenvalue weighted by Gasteiger charge is 2.12. The number of benzene rings is 1. The van der Waals surface area contributed by atoms with Crippen LogP contribution in [0.4, 0.5) is 0 Å². The van der Waals surface area contributed by atoms with Gasteiger partial charge in [0.25, 0.3) is 11.8 Å². The number of nitrogens with zero attached hydrogens (tertiary/aromatic N) is 1. The topological polar surface area (TPSA) is 89.5 Å². The second kappa shape index (κ2) is 10.3. The molecule has 0 unspecified atom stereocenters. The highest BCUT2D eigenvalue weighted by molar-refractivity contribution is 5.98. The quantitative estimate of drug-likeness (QED) is 0.693. The van der Waals surface area contributed by atoms with Crippen molar-refractivity contribution in [3.63, 3.8) is 0 Å². The molecule has 7 nitrogen and oxygen atoms in total. The van der Waals surface area contributed by atoms with E-state index in [1.54, 1.807) is 32.4 Å². The van der Waals surface area contributed by atoms with E-state index in [1.165, 1.54) is 12.3 Å². The zero-order valence-electron chi connectivity index (χ0n) is 16.7. The van der Waals surface area contributed by atoms with Gasteiger partial charge >= 0.3 is 0 Å². The summed E-state index contributed by atoms with van der Waals surface area (Å²) in [6.07, 6.45) is 2.35. The molecule has 0 saturated carbocycles. The number of hydrogen-bond acceptors (Lipinski definition) is 5. The van der Waals surface area contributed by atoms with Gasteiger partial charge in [0, 0.05) is 24.8 Å². The van der Waals surface area contributed by atoms with E-state index >= 15 is 0 Å². The molecule has 2 rings (SSSR count). The van der Waals surface area contributed by atoms with Gasteiger partial charge in [-0.3, -0.25) is 14.6 Å². The van der Waals surface area contributed by atoms with E-state index in [0.717, 1.165) is 12.0 Å². The van der Waals surface area contributed by atoms with E-state index in [2.05, 4.69) is 29.5 Å². The summed E-state index contributed by atoms with van der Waals surface area (Å²) < 4.78 is 10.5. The van der Waals surface area contributed by atoms with Gasteiger partial charge in [0.1, 0.15) is 5.69 Å². The highest BCUT2D eigenvalue weighted by Crippen LogP contribution is 2.27. The molecule has 0 bridgehead atoms. The summed E-state index contributed by atoms with van der Waals surface area (Å²) in [6.45, 7) is 5.08. The summed E-state index contributed by atoms with van der Waals surface area (Å²) in [6, 6.07) is 8.51. The molecule has 0 fully saturated rings. The Morgan fingerprint density at radius 2 is 1.75 bits per heavy atom. The van der Waals surface area contributed by atoms with Gasteiger partial charge in [0.15, 0.2) is 11.5 Å². The first-order valence-corrected chi connectivity index (χ1v) is 9.18. The van der Waals surface area contributed by atoms with Crippen molar-refractivity contribution in [2.75, 3.05) is 20.8 Å². The average Bonchev–Trinajstić information content (AvgIpc) is 2.71. The molecule has 28 heavy (non-hydrogen) atoms. The Morgan fingerprint density at radius 1 is 1.00 bits per heavy atom. The Labute approximate surface area is 165 Å². The number of hydrogen-bond donors (Lipinski definition) is 2. The van der Waals surface area contributed by atoms with Crippen molar-refractivity contribution in [3.8, 4) is 11.5 Å². The van der Waals surface area contributed by atoms with Crippen LogP contribution in [0.5, 0.6) is 11.5 Å². The van der Waals surface area contributed by atoms with Crippen LogP contribution in [-0.2, 0) is 6.54 Å². The van der Waals surface area contributed by atoms with E-state index in [0.29, 0.717) is 36.1 Å². The van der Waals surface area contributed by atoms with E-state index in [4.69, 9.17) is 9.47 Å². The normalized spacial score (nSPS) is 10.5. The van der Waals surface area contributed by atoms with Crippen LogP contribution >= 0.6 is 0 Å². The minimum atomic E-state index is -0.284. The summed E-state index contributed by atoms with van der Waals surface area (Å²) in [5.41, 5.74) is 1.47. The number of amides is 2. The molecule has 150 valence electrons. The molecule has 0 aliphatic heterocycles. The Hall–Kier alpha value is -3.09. The van der Waals surface area contributed by atoms with Crippen LogP contribution in [0.25, 0.3) is 0 Å². The molecule has 0 aliphatic carbocycles. The summed E-state index contributed by atoms with van der Waals surface area (Å²) in [5, 5.41) is 5.65. The first kappa shape index (κ1) is 21.2. The predicted molar refractivity (Wildman–Crippen MR) is 107 cm³/mol. The van der Waals surface area contributed by atoms with Crippen LogP contribution in [0.1, 0.15) is 46.7 Å². The van der Waals surface area contributed by atoms with E-state index in [9.17, 15) is 9.59 Å². The molecule has 1 heterocycles. The lowest BCUT2D eigenvalue weighted by Crippen LogP contribution is -2.27. The Kier molecular flexibility index (Phi) is 7.80. The number of nitrogens with one attached hydrogen (secondary N) is 2. The molecule has 0 radical (unpaired) electrons. The van der Waals surface area contributed by atoms with E-state index < -0.39 is 0 Å². The Morgan fingerprint density at radius 3 is 2.43 bits per heavy atom. The fraction of sp³-hybridized carbons (Fsp3) is 0.381. The molecule has 2 aromatic rings. The summed E-state index contributed by atoms with van der Waals surface area (Å²) in [5.74, 6) is 1.16. The molecule has 1 aromatic heterocycles. The minimum Gasteiger partial charge on any atom is -0.493 e. The molecular formula is C21H27N3O4. The van der Waals surface area contributed by atoms with Crippen LogP contribution in [0.3, 0.4) is 0 Å². The molecule has 1 aromatic carbocycles. The largest absolute Gasteiger partial charge is 0.493 e. The second-order valence-corrected chi connectivity index (χ2v) is 6.74. The van der Waals surface area contributed by atoms with Crippen molar-refractivity contribution in [3.05, 3.63) is 53.3 Å². The van der Waals surface area contributed by atoms with Crippen molar-refractivity contribution in [1.29, 1.82) is 0 Å². The molecule has 0 saturated heterocycles. The van der Waals surface area contributed by atoms with Crippen molar-refractivity contribution in [1.82, 2.24) is 15.6 Å². The van der Waals surface area contributed by atoms with Gasteiger partial charge in [-0.15, -0.1) is 0 Å². The lowest BCUT2D eigenvalue weighted by molar-refractivity contribution is 0.0947. The molecule has 7 heteroatoms. The molecule has 2 N–H and O–H groups in total. The van der Waals surface area contributed by atoms with Crippen molar-refractivity contribution < 1.29 is 19.1 Å². The third-order valence-corrected chi connectivity index (χ3v) is 4.16. The Bertz CT molecular complexity index is 821. The van der Waals surface area contributed by atoms with Crippen LogP contribution in [0.15, 0.2) is 36.5 Å². The third-order valence-electron chi connectivity index (χ3n) is 4.16. The van der Waals surface area contributed by atoms with Crippen LogP contribution < -0.4 is 20.1 Å². The zero-order chi connectivity index (χ0) is 20.5. The second-order valence-electron chi connectivity index (χ2n) is 6.74. The number of aromatic nitrogens is 1. The molecule has 0 aliphatic rings. The highest BCUT2D eigenvalue weighted by atomic mass is 16.5. The van der Waals surface area contributed by atoms with Crippen LogP contribution in [-0.4, -0.2) is 37.6 Å². The number of rotatable bonds is 9. The van der Waals surface area contributed by atoms with E-state index in [1.807, 2.05) is 6.07 Å². The first-order valence-electron chi connectivity index (χ1n) is 9.18. The summed E-state index contributed by atoms with van der Waals surface area (Å²) >= 11 is 0. The number of carbonyl (C=O) groups is 2. The predicted octanol–water partition coefficient (Wildman–Crippen LogP) is 2.80. The van der Waals surface area contributed by atoms with Gasteiger partial charge in [-0.25, -0.2) is 0 Å². The number of pyridine rings is 1. The van der Waals surface area contributed by atoms with Crippen LogP contribution in [0.2, 0.25) is 0 Å². The summed E-state index contributed by atoms with van der Waals surface area (Å²) in [4.78, 5) is 28.7. The SMILES string of the molecule is COc1ccc(CNC(=O)c2ccnc(C(=O)NCCC(C)C)c2)cc1OC. The van der Waals surface area contributed by atoms with Crippen molar-refractivity contribution in [2.45, 2.75) is 26.8 Å². The maximum atomic E-state index is 12.4. The van der Waals surface area contributed by atoms with Crippen molar-refractivity contribution in [2.24, 2.45) is 5.92 Å². The smallest absolute Gasteiger partial charge is 0.269 e. The maximum Gasteiger partial charge on any atom is 0.269 e. The number of methoxy groups -OCH3 is 2. The van der Waals surface area contributed by atoms with Gasteiger partial charge in [0.05, 0.1) is 14.2 Å². The molecule has 2 amide bonds. The maximum absolute atomic E-state index is 12.4. The summed E-state index contributed by atoms with van der Waals surface area (Å²) in [7, 11) is 3.13. The van der Waals surface area contributed by atoms with Crippen molar-refractivity contribution >= 4 is 11.8 Å². The number of ether oxygens (including phenoxy) is 2. The third kappa shape index (κ3) is 5.97. The lowest BCUT2D eigenvalue weighted by atomic mass is 10.1. The fourth-order valence-electron chi connectivity index (χ4n) is 2.54. The van der Waals surface area contributed by atoms with Gasteiger partial charge in [-0.05, 0) is 42.2 Å². The molecular weight excluding hydrogens is 358 g/mol. The van der Waals surface area contributed by atoms with Gasteiger partial charge < -0.3 is 20.1 Å². The average molecular weight is 385 g/mol. The standard InChI is InChI=1S/C21H27N3O4/c1-14(2)7-9-23-21(26)17-12-16(8-10-22-17)20(25)24-13-15-5-6-18(27-3)19(11-15)28-4/h5-6,8,10-12,14H,7,9,13H2,1-4H3,(H,23,26)(H,24,25). The van der Waals surface area contributed by atoms with Gasteiger partial charge in [-0.2, -0.15) is 0 Å².